The molecule has 114 valence electrons. The predicted octanol–water partition coefficient (Wildman–Crippen LogP) is 1.80. The lowest BCUT2D eigenvalue weighted by molar-refractivity contribution is -0.117. The summed E-state index contributed by atoms with van der Waals surface area (Å²) < 4.78 is 1.05. The molecule has 0 saturated carbocycles. The van der Waals surface area contributed by atoms with Crippen molar-refractivity contribution in [3.63, 3.8) is 0 Å². The number of nitrogens with zero attached hydrogens (tertiary/aromatic N) is 2. The SMILES string of the molecule is CNC1C(=O)Nc2cc(N3CCN(C)CC3C)c(Br)cc21. The molecule has 1 aromatic rings. The second kappa shape index (κ2) is 5.59. The van der Waals surface area contributed by atoms with E-state index in [2.05, 4.69) is 62.5 Å². The summed E-state index contributed by atoms with van der Waals surface area (Å²) in [6.45, 7) is 5.34. The third-order valence-electron chi connectivity index (χ3n) is 4.38. The molecule has 6 heteroatoms. The van der Waals surface area contributed by atoms with E-state index < -0.39 is 0 Å². The molecule has 1 fully saturated rings. The first-order chi connectivity index (χ1) is 10.0. The van der Waals surface area contributed by atoms with Gasteiger partial charge in [-0.25, -0.2) is 0 Å². The highest BCUT2D eigenvalue weighted by molar-refractivity contribution is 9.10. The quantitative estimate of drug-likeness (QED) is 0.851. The van der Waals surface area contributed by atoms with Crippen LogP contribution in [0.15, 0.2) is 16.6 Å². The molecule has 3 rings (SSSR count). The van der Waals surface area contributed by atoms with Crippen LogP contribution in [0.5, 0.6) is 0 Å². The summed E-state index contributed by atoms with van der Waals surface area (Å²) in [4.78, 5) is 16.7. The molecule has 2 atom stereocenters. The van der Waals surface area contributed by atoms with Gasteiger partial charge in [0.05, 0.1) is 5.69 Å². The Morgan fingerprint density at radius 1 is 1.38 bits per heavy atom. The molecule has 5 nitrogen and oxygen atoms in total. The Hall–Kier alpha value is -1.11. The number of benzene rings is 1. The summed E-state index contributed by atoms with van der Waals surface area (Å²) >= 11 is 3.68. The first-order valence-corrected chi connectivity index (χ1v) is 8.07. The molecule has 1 amide bonds. The van der Waals surface area contributed by atoms with Crippen LogP contribution in [0.1, 0.15) is 18.5 Å². The minimum absolute atomic E-state index is 0.0166. The van der Waals surface area contributed by atoms with Crippen molar-refractivity contribution in [2.24, 2.45) is 0 Å². The van der Waals surface area contributed by atoms with E-state index in [-0.39, 0.29) is 11.9 Å². The van der Waals surface area contributed by atoms with E-state index in [1.165, 1.54) is 0 Å². The summed E-state index contributed by atoms with van der Waals surface area (Å²) in [7, 11) is 3.97. The molecule has 1 saturated heterocycles. The van der Waals surface area contributed by atoms with Crippen LogP contribution in [-0.4, -0.2) is 50.6 Å². The maximum absolute atomic E-state index is 12.0. The van der Waals surface area contributed by atoms with E-state index in [0.29, 0.717) is 6.04 Å². The molecule has 21 heavy (non-hydrogen) atoms. The van der Waals surface area contributed by atoms with Crippen molar-refractivity contribution < 1.29 is 4.79 Å². The Kier molecular flexibility index (Phi) is 3.94. The van der Waals surface area contributed by atoms with Crippen LogP contribution in [0.2, 0.25) is 0 Å². The highest BCUT2D eigenvalue weighted by Crippen LogP contribution is 2.39. The van der Waals surface area contributed by atoms with Crippen LogP contribution >= 0.6 is 15.9 Å². The average Bonchev–Trinajstić information content (AvgIpc) is 2.73. The number of halogens is 1. The van der Waals surface area contributed by atoms with Gasteiger partial charge in [0, 0.05) is 41.4 Å². The number of rotatable bonds is 2. The van der Waals surface area contributed by atoms with E-state index in [1.807, 2.05) is 7.05 Å². The third kappa shape index (κ3) is 2.56. The van der Waals surface area contributed by atoms with Gasteiger partial charge in [0.15, 0.2) is 0 Å². The molecule has 2 unspecified atom stereocenters. The monoisotopic (exact) mass is 352 g/mol. The molecule has 0 spiro atoms. The Morgan fingerprint density at radius 2 is 2.14 bits per heavy atom. The topological polar surface area (TPSA) is 47.6 Å². The van der Waals surface area contributed by atoms with Crippen molar-refractivity contribution in [3.8, 4) is 0 Å². The summed E-state index contributed by atoms with van der Waals surface area (Å²) in [6, 6.07) is 4.36. The Bertz CT molecular complexity index is 577. The molecule has 2 aliphatic rings. The third-order valence-corrected chi connectivity index (χ3v) is 5.01. The number of piperazine rings is 1. The minimum atomic E-state index is -0.254. The second-order valence-electron chi connectivity index (χ2n) is 5.91. The summed E-state index contributed by atoms with van der Waals surface area (Å²) in [6.07, 6.45) is 0. The van der Waals surface area contributed by atoms with Crippen LogP contribution in [0.4, 0.5) is 11.4 Å². The lowest BCUT2D eigenvalue weighted by Crippen LogP contribution is -2.50. The van der Waals surface area contributed by atoms with E-state index in [9.17, 15) is 4.79 Å². The molecule has 0 radical (unpaired) electrons. The fourth-order valence-corrected chi connectivity index (χ4v) is 3.86. The lowest BCUT2D eigenvalue weighted by atomic mass is 10.1. The van der Waals surface area contributed by atoms with Crippen LogP contribution in [0.25, 0.3) is 0 Å². The van der Waals surface area contributed by atoms with Crippen molar-refractivity contribution in [1.29, 1.82) is 0 Å². The standard InChI is InChI=1S/C15H21BrN4O/c1-9-8-19(3)4-5-20(9)13-7-12-10(6-11(13)16)14(17-2)15(21)18-12/h6-7,9,14,17H,4-5,8H2,1-3H3,(H,18,21). The number of nitrogens with one attached hydrogen (secondary N) is 2. The summed E-state index contributed by atoms with van der Waals surface area (Å²) in [5, 5.41) is 6.03. The van der Waals surface area contributed by atoms with Gasteiger partial charge in [-0.2, -0.15) is 0 Å². The number of hydrogen-bond donors (Lipinski definition) is 2. The van der Waals surface area contributed by atoms with E-state index in [1.54, 1.807) is 0 Å². The fourth-order valence-electron chi connectivity index (χ4n) is 3.27. The number of likely N-dealkylation sites (N-methyl/N-ethyl adjacent to an activating group) is 2. The number of carbonyl (C=O) groups is 1. The Labute approximate surface area is 133 Å². The normalized spacial score (nSPS) is 25.9. The number of amides is 1. The number of anilines is 2. The van der Waals surface area contributed by atoms with Gasteiger partial charge in [-0.15, -0.1) is 0 Å². The Morgan fingerprint density at radius 3 is 2.81 bits per heavy atom. The van der Waals surface area contributed by atoms with Gasteiger partial charge in [-0.05, 0) is 49.1 Å². The van der Waals surface area contributed by atoms with Gasteiger partial charge >= 0.3 is 0 Å². The van der Waals surface area contributed by atoms with Gasteiger partial charge in [0.2, 0.25) is 5.91 Å². The molecule has 0 bridgehead atoms. The molecular weight excluding hydrogens is 332 g/mol. The van der Waals surface area contributed by atoms with Gasteiger partial charge in [-0.1, -0.05) is 0 Å². The predicted molar refractivity (Wildman–Crippen MR) is 88.9 cm³/mol. The minimum Gasteiger partial charge on any atom is -0.365 e. The van der Waals surface area contributed by atoms with Crippen molar-refractivity contribution in [3.05, 3.63) is 22.2 Å². The van der Waals surface area contributed by atoms with Crippen LogP contribution < -0.4 is 15.5 Å². The van der Waals surface area contributed by atoms with Gasteiger partial charge < -0.3 is 20.4 Å². The zero-order valence-corrected chi connectivity index (χ0v) is 14.2. The second-order valence-corrected chi connectivity index (χ2v) is 6.76. The fraction of sp³-hybridized carbons (Fsp3) is 0.533. The lowest BCUT2D eigenvalue weighted by Gasteiger charge is -2.40. The summed E-state index contributed by atoms with van der Waals surface area (Å²) in [5.74, 6) is 0.0166. The highest BCUT2D eigenvalue weighted by Gasteiger charge is 2.32. The highest BCUT2D eigenvalue weighted by atomic mass is 79.9. The maximum Gasteiger partial charge on any atom is 0.246 e. The summed E-state index contributed by atoms with van der Waals surface area (Å²) in [5.41, 5.74) is 3.09. The van der Waals surface area contributed by atoms with Crippen LogP contribution in [0.3, 0.4) is 0 Å². The molecule has 0 aliphatic carbocycles. The Balaban J connectivity index is 1.95. The molecular formula is C15H21BrN4O. The van der Waals surface area contributed by atoms with E-state index >= 15 is 0 Å². The van der Waals surface area contributed by atoms with Crippen molar-refractivity contribution >= 4 is 33.2 Å². The van der Waals surface area contributed by atoms with Gasteiger partial charge in [0.25, 0.3) is 0 Å². The molecule has 1 aromatic carbocycles. The molecule has 0 aromatic heterocycles. The molecule has 2 heterocycles. The van der Waals surface area contributed by atoms with Crippen molar-refractivity contribution in [1.82, 2.24) is 10.2 Å². The molecule has 2 N–H and O–H groups in total. The van der Waals surface area contributed by atoms with Crippen LogP contribution in [0, 0.1) is 0 Å². The van der Waals surface area contributed by atoms with E-state index in [0.717, 1.165) is 41.0 Å². The average molecular weight is 353 g/mol. The largest absolute Gasteiger partial charge is 0.365 e. The van der Waals surface area contributed by atoms with Crippen LogP contribution in [-0.2, 0) is 4.79 Å². The van der Waals surface area contributed by atoms with E-state index in [4.69, 9.17) is 0 Å². The number of fused-ring (bicyclic) bond motifs is 1. The maximum atomic E-state index is 12.0. The van der Waals surface area contributed by atoms with Crippen molar-refractivity contribution in [2.75, 3.05) is 43.9 Å². The smallest absolute Gasteiger partial charge is 0.246 e. The molecule has 2 aliphatic heterocycles. The zero-order valence-electron chi connectivity index (χ0n) is 12.6. The first-order valence-electron chi connectivity index (χ1n) is 7.28. The van der Waals surface area contributed by atoms with Gasteiger partial charge in [-0.3, -0.25) is 4.79 Å². The number of hydrogen-bond acceptors (Lipinski definition) is 4. The van der Waals surface area contributed by atoms with Gasteiger partial charge in [0.1, 0.15) is 6.04 Å². The number of carbonyl (C=O) groups excluding carboxylic acids is 1. The van der Waals surface area contributed by atoms with Crippen molar-refractivity contribution in [2.45, 2.75) is 19.0 Å². The zero-order chi connectivity index (χ0) is 15.1. The first kappa shape index (κ1) is 14.8.